The summed E-state index contributed by atoms with van der Waals surface area (Å²) in [6.07, 6.45) is 7.02. The average Bonchev–Trinajstić information content (AvgIpc) is 2.39. The van der Waals surface area contributed by atoms with Crippen molar-refractivity contribution in [1.29, 1.82) is 0 Å². The summed E-state index contributed by atoms with van der Waals surface area (Å²) in [4.78, 5) is 0. The number of hydrogen-bond acceptors (Lipinski definition) is 2. The van der Waals surface area contributed by atoms with Gasteiger partial charge in [0.15, 0.2) is 0 Å². The molecule has 0 radical (unpaired) electrons. The van der Waals surface area contributed by atoms with Crippen molar-refractivity contribution in [3.63, 3.8) is 0 Å². The number of methoxy groups -OCH3 is 1. The summed E-state index contributed by atoms with van der Waals surface area (Å²) in [5.41, 5.74) is 0. The molecule has 0 spiro atoms. The average molecular weight is 264 g/mol. The third kappa shape index (κ3) is 3.36. The van der Waals surface area contributed by atoms with Gasteiger partial charge in [0, 0.05) is 6.10 Å². The lowest BCUT2D eigenvalue weighted by Crippen LogP contribution is -2.47. The van der Waals surface area contributed by atoms with Crippen LogP contribution in [0.5, 0.6) is 5.75 Å². The molecule has 0 atom stereocenters. The van der Waals surface area contributed by atoms with E-state index in [0.29, 0.717) is 6.10 Å². The van der Waals surface area contributed by atoms with Crippen LogP contribution >= 0.6 is 0 Å². The molecule has 0 N–H and O–H groups in total. The fourth-order valence-corrected chi connectivity index (χ4v) is 4.83. The molecule has 0 aliphatic heterocycles. The lowest BCUT2D eigenvalue weighted by molar-refractivity contribution is 0.150. The van der Waals surface area contributed by atoms with Crippen molar-refractivity contribution in [2.45, 2.75) is 51.3 Å². The highest BCUT2D eigenvalue weighted by atomic mass is 28.4. The monoisotopic (exact) mass is 264 g/mol. The lowest BCUT2D eigenvalue weighted by atomic mass is 9.98. The first-order valence-electron chi connectivity index (χ1n) is 6.94. The molecule has 1 fully saturated rings. The van der Waals surface area contributed by atoms with Gasteiger partial charge in [-0.2, -0.15) is 0 Å². The third-order valence-electron chi connectivity index (χ3n) is 3.80. The lowest BCUT2D eigenvalue weighted by Gasteiger charge is -2.32. The molecule has 18 heavy (non-hydrogen) atoms. The fraction of sp³-hybridized carbons (Fsp3) is 0.600. The number of ether oxygens (including phenoxy) is 1. The van der Waals surface area contributed by atoms with E-state index in [2.05, 4.69) is 25.2 Å². The van der Waals surface area contributed by atoms with E-state index in [1.54, 1.807) is 7.11 Å². The summed E-state index contributed by atoms with van der Waals surface area (Å²) in [7, 11) is -0.0536. The second-order valence-corrected chi connectivity index (χ2v) is 9.45. The van der Waals surface area contributed by atoms with Crippen molar-refractivity contribution in [2.24, 2.45) is 0 Å². The number of benzene rings is 1. The molecule has 3 heteroatoms. The van der Waals surface area contributed by atoms with Gasteiger partial charge in [0.2, 0.25) is 8.32 Å². The van der Waals surface area contributed by atoms with Gasteiger partial charge in [-0.1, -0.05) is 31.4 Å². The quantitative estimate of drug-likeness (QED) is 0.775. The molecule has 0 bridgehead atoms. The Kier molecular flexibility index (Phi) is 4.46. The first kappa shape index (κ1) is 13.6. The maximum atomic E-state index is 6.44. The van der Waals surface area contributed by atoms with E-state index in [0.717, 1.165) is 5.75 Å². The van der Waals surface area contributed by atoms with Gasteiger partial charge in [-0.25, -0.2) is 0 Å². The minimum atomic E-state index is -1.76. The second-order valence-electron chi connectivity index (χ2n) is 5.62. The highest BCUT2D eigenvalue weighted by Gasteiger charge is 2.29. The topological polar surface area (TPSA) is 18.5 Å². The molecule has 0 heterocycles. The van der Waals surface area contributed by atoms with Crippen molar-refractivity contribution in [1.82, 2.24) is 0 Å². The third-order valence-corrected chi connectivity index (χ3v) is 6.45. The summed E-state index contributed by atoms with van der Waals surface area (Å²) >= 11 is 0. The molecule has 0 amide bonds. The van der Waals surface area contributed by atoms with E-state index in [1.807, 2.05) is 12.1 Å². The molecule has 2 rings (SSSR count). The molecule has 0 aromatic heterocycles. The molecule has 1 aliphatic rings. The van der Waals surface area contributed by atoms with Crippen molar-refractivity contribution < 1.29 is 9.16 Å². The Labute approximate surface area is 111 Å². The molecule has 0 unspecified atom stereocenters. The molecule has 1 aromatic rings. The summed E-state index contributed by atoms with van der Waals surface area (Å²) < 4.78 is 11.6. The van der Waals surface area contributed by atoms with E-state index in [4.69, 9.17) is 9.16 Å². The maximum Gasteiger partial charge on any atom is 0.218 e. The zero-order chi connectivity index (χ0) is 13.0. The normalized spacial score (nSPS) is 17.7. The van der Waals surface area contributed by atoms with Crippen molar-refractivity contribution in [3.05, 3.63) is 24.3 Å². The Morgan fingerprint density at radius 1 is 1.00 bits per heavy atom. The van der Waals surface area contributed by atoms with Crippen LogP contribution in [0.2, 0.25) is 13.1 Å². The van der Waals surface area contributed by atoms with E-state index >= 15 is 0 Å². The summed E-state index contributed by atoms with van der Waals surface area (Å²) in [5, 5.41) is 1.36. The van der Waals surface area contributed by atoms with Gasteiger partial charge in [-0.15, -0.1) is 0 Å². The van der Waals surface area contributed by atoms with Gasteiger partial charge in [0.25, 0.3) is 0 Å². The van der Waals surface area contributed by atoms with Gasteiger partial charge in [0.1, 0.15) is 5.75 Å². The van der Waals surface area contributed by atoms with Crippen LogP contribution in [-0.2, 0) is 4.43 Å². The maximum absolute atomic E-state index is 6.44. The van der Waals surface area contributed by atoms with Gasteiger partial charge < -0.3 is 9.16 Å². The summed E-state index contributed by atoms with van der Waals surface area (Å²) in [6, 6.07) is 8.39. The van der Waals surface area contributed by atoms with Crippen LogP contribution < -0.4 is 9.92 Å². The molecule has 1 aromatic carbocycles. The minimum Gasteiger partial charge on any atom is -0.497 e. The van der Waals surface area contributed by atoms with Crippen LogP contribution in [0.1, 0.15) is 32.1 Å². The first-order chi connectivity index (χ1) is 8.62. The highest BCUT2D eigenvalue weighted by Crippen LogP contribution is 2.23. The van der Waals surface area contributed by atoms with Crippen molar-refractivity contribution in [3.8, 4) is 5.75 Å². The number of rotatable bonds is 4. The molecule has 1 aliphatic carbocycles. The molecule has 100 valence electrons. The van der Waals surface area contributed by atoms with Gasteiger partial charge in [-0.05, 0) is 43.3 Å². The molecule has 2 nitrogen and oxygen atoms in total. The number of hydrogen-bond donors (Lipinski definition) is 0. The summed E-state index contributed by atoms with van der Waals surface area (Å²) in [6.45, 7) is 4.59. The Balaban J connectivity index is 2.03. The van der Waals surface area contributed by atoms with Crippen LogP contribution in [0.15, 0.2) is 24.3 Å². The zero-order valence-electron chi connectivity index (χ0n) is 11.7. The molecule has 0 saturated heterocycles. The second kappa shape index (κ2) is 5.89. The fourth-order valence-electron chi connectivity index (χ4n) is 2.66. The van der Waals surface area contributed by atoms with Crippen LogP contribution in [0, 0.1) is 0 Å². The van der Waals surface area contributed by atoms with E-state index < -0.39 is 8.32 Å². The predicted molar refractivity (Wildman–Crippen MR) is 78.1 cm³/mol. The van der Waals surface area contributed by atoms with E-state index in [1.165, 1.54) is 37.3 Å². The smallest absolute Gasteiger partial charge is 0.218 e. The van der Waals surface area contributed by atoms with Gasteiger partial charge >= 0.3 is 0 Å². The first-order valence-corrected chi connectivity index (χ1v) is 9.85. The van der Waals surface area contributed by atoms with Crippen LogP contribution in [0.3, 0.4) is 0 Å². The Morgan fingerprint density at radius 2 is 1.61 bits per heavy atom. The standard InChI is InChI=1S/C15H24O2Si/c1-16-13-9-11-15(12-10-13)18(2,3)17-14-7-5-4-6-8-14/h9-12,14H,4-8H2,1-3H3. The Bertz CT molecular complexity index is 367. The largest absolute Gasteiger partial charge is 0.497 e. The van der Waals surface area contributed by atoms with Gasteiger partial charge in [-0.3, -0.25) is 0 Å². The van der Waals surface area contributed by atoms with Crippen LogP contribution in [0.4, 0.5) is 0 Å². The van der Waals surface area contributed by atoms with Gasteiger partial charge in [0.05, 0.1) is 7.11 Å². The zero-order valence-corrected chi connectivity index (χ0v) is 12.7. The van der Waals surface area contributed by atoms with E-state index in [9.17, 15) is 0 Å². The predicted octanol–water partition coefficient (Wildman–Crippen LogP) is 3.46. The Hall–Kier alpha value is -0.803. The summed E-state index contributed by atoms with van der Waals surface area (Å²) in [5.74, 6) is 0.918. The molecular formula is C15H24O2Si. The Morgan fingerprint density at radius 3 is 2.17 bits per heavy atom. The minimum absolute atomic E-state index is 0.488. The van der Waals surface area contributed by atoms with Crippen molar-refractivity contribution >= 4 is 13.5 Å². The molecular weight excluding hydrogens is 240 g/mol. The van der Waals surface area contributed by atoms with Crippen LogP contribution in [-0.4, -0.2) is 21.5 Å². The van der Waals surface area contributed by atoms with Crippen LogP contribution in [0.25, 0.3) is 0 Å². The highest BCUT2D eigenvalue weighted by molar-refractivity contribution is 6.84. The molecule has 1 saturated carbocycles. The van der Waals surface area contributed by atoms with Crippen molar-refractivity contribution in [2.75, 3.05) is 7.11 Å². The van der Waals surface area contributed by atoms with E-state index in [-0.39, 0.29) is 0 Å². The SMILES string of the molecule is COc1ccc([Si](C)(C)OC2CCCCC2)cc1.